The molecule has 0 radical (unpaired) electrons. The number of carbonyl (C=O) groups is 1. The summed E-state index contributed by atoms with van der Waals surface area (Å²) < 4.78 is 0. The highest BCUT2D eigenvalue weighted by Gasteiger charge is 2.08. The number of H-pyrrole nitrogens is 1. The van der Waals surface area contributed by atoms with Crippen LogP contribution in [0.3, 0.4) is 0 Å². The maximum absolute atomic E-state index is 11.1. The summed E-state index contributed by atoms with van der Waals surface area (Å²) in [5, 5.41) is 8.55. The first-order valence-electron chi connectivity index (χ1n) is 3.50. The van der Waals surface area contributed by atoms with Crippen molar-refractivity contribution in [2.24, 2.45) is 0 Å². The first kappa shape index (κ1) is 9.00. The van der Waals surface area contributed by atoms with Crippen molar-refractivity contribution in [3.63, 3.8) is 0 Å². The van der Waals surface area contributed by atoms with E-state index in [4.69, 9.17) is 11.0 Å². The van der Waals surface area contributed by atoms with E-state index < -0.39 is 11.3 Å². The third-order valence-electron chi connectivity index (χ3n) is 1.57. The van der Waals surface area contributed by atoms with Crippen LogP contribution in [0.15, 0.2) is 10.9 Å². The topological polar surface area (TPSA) is 99.7 Å². The van der Waals surface area contributed by atoms with Crippen molar-refractivity contribution >= 4 is 11.6 Å². The van der Waals surface area contributed by atoms with E-state index in [0.29, 0.717) is 0 Å². The fourth-order valence-electron chi connectivity index (χ4n) is 0.899. The van der Waals surface area contributed by atoms with Crippen molar-refractivity contribution in [2.45, 2.75) is 6.92 Å². The molecule has 5 nitrogen and oxygen atoms in total. The van der Waals surface area contributed by atoms with Crippen LogP contribution in [-0.4, -0.2) is 10.8 Å². The SMILES string of the molecule is CC(=O)c1cc(C#N)c(N)[nH]c1=O. The van der Waals surface area contributed by atoms with Gasteiger partial charge in [0.15, 0.2) is 5.78 Å². The fourth-order valence-corrected chi connectivity index (χ4v) is 0.899. The first-order chi connectivity index (χ1) is 6.06. The minimum absolute atomic E-state index is 0.0162. The van der Waals surface area contributed by atoms with E-state index in [9.17, 15) is 9.59 Å². The monoisotopic (exact) mass is 177 g/mol. The minimum atomic E-state index is -0.566. The summed E-state index contributed by atoms with van der Waals surface area (Å²) in [6, 6.07) is 2.96. The summed E-state index contributed by atoms with van der Waals surface area (Å²) in [6.45, 7) is 1.25. The van der Waals surface area contributed by atoms with Gasteiger partial charge in [0.25, 0.3) is 5.56 Å². The van der Waals surface area contributed by atoms with Gasteiger partial charge in [-0.2, -0.15) is 5.26 Å². The van der Waals surface area contributed by atoms with Crippen molar-refractivity contribution in [1.29, 1.82) is 5.26 Å². The van der Waals surface area contributed by atoms with Crippen molar-refractivity contribution in [2.75, 3.05) is 5.73 Å². The highest BCUT2D eigenvalue weighted by molar-refractivity contribution is 5.94. The Morgan fingerprint density at radius 3 is 2.77 bits per heavy atom. The number of Topliss-reactive ketones (excluding diaryl/α,β-unsaturated/α-hetero) is 1. The van der Waals surface area contributed by atoms with E-state index in [0.717, 1.165) is 0 Å². The number of hydrogen-bond acceptors (Lipinski definition) is 4. The molecule has 66 valence electrons. The normalized spacial score (nSPS) is 9.23. The standard InChI is InChI=1S/C8H7N3O2/c1-4(12)6-2-5(3-9)7(10)11-8(6)13/h2H,1H3,(H3,10,11,13). The maximum atomic E-state index is 11.1. The Bertz CT molecular complexity index is 453. The number of aromatic amines is 1. The molecule has 0 atom stereocenters. The third kappa shape index (κ3) is 1.56. The minimum Gasteiger partial charge on any atom is -0.384 e. The molecule has 0 aliphatic carbocycles. The number of hydrogen-bond donors (Lipinski definition) is 2. The number of rotatable bonds is 1. The Kier molecular flexibility index (Phi) is 2.15. The molecule has 0 spiro atoms. The molecule has 0 aliphatic heterocycles. The molecule has 0 unspecified atom stereocenters. The first-order valence-corrected chi connectivity index (χ1v) is 3.50. The van der Waals surface area contributed by atoms with Crippen LogP contribution in [0.4, 0.5) is 5.82 Å². The number of carbonyl (C=O) groups excluding carboxylic acids is 1. The van der Waals surface area contributed by atoms with Crippen LogP contribution in [0.1, 0.15) is 22.8 Å². The smallest absolute Gasteiger partial charge is 0.260 e. The Morgan fingerprint density at radius 1 is 1.69 bits per heavy atom. The van der Waals surface area contributed by atoms with E-state index in [2.05, 4.69) is 4.98 Å². The lowest BCUT2D eigenvalue weighted by atomic mass is 10.1. The van der Waals surface area contributed by atoms with Crippen molar-refractivity contribution in [1.82, 2.24) is 4.98 Å². The average Bonchev–Trinajstić information content (AvgIpc) is 2.03. The Labute approximate surface area is 73.8 Å². The van der Waals surface area contributed by atoms with E-state index in [1.54, 1.807) is 6.07 Å². The molecule has 0 amide bonds. The molecule has 0 aliphatic rings. The Morgan fingerprint density at radius 2 is 2.31 bits per heavy atom. The number of ketones is 1. The lowest BCUT2D eigenvalue weighted by Crippen LogP contribution is -2.18. The molecule has 5 heteroatoms. The molecule has 0 fully saturated rings. The molecule has 0 bridgehead atoms. The number of nitrogens with two attached hydrogens (primary N) is 1. The fraction of sp³-hybridized carbons (Fsp3) is 0.125. The number of pyridine rings is 1. The number of aromatic nitrogens is 1. The molecular formula is C8H7N3O2. The van der Waals surface area contributed by atoms with Crippen LogP contribution in [0, 0.1) is 11.3 Å². The van der Waals surface area contributed by atoms with E-state index in [-0.39, 0.29) is 16.9 Å². The molecule has 1 aromatic rings. The molecule has 1 aromatic heterocycles. The number of anilines is 1. The molecule has 0 aromatic carbocycles. The maximum Gasteiger partial charge on any atom is 0.260 e. The predicted molar refractivity (Wildman–Crippen MR) is 46.2 cm³/mol. The van der Waals surface area contributed by atoms with Gasteiger partial charge in [0.2, 0.25) is 0 Å². The second-order valence-corrected chi connectivity index (χ2v) is 2.51. The summed E-state index contributed by atoms with van der Waals surface area (Å²) >= 11 is 0. The zero-order valence-electron chi connectivity index (χ0n) is 6.92. The number of nitrogens with one attached hydrogen (secondary N) is 1. The van der Waals surface area contributed by atoms with Crippen LogP contribution in [-0.2, 0) is 0 Å². The predicted octanol–water partition coefficient (Wildman–Crippen LogP) is 0.0314. The van der Waals surface area contributed by atoms with Gasteiger partial charge in [0, 0.05) is 0 Å². The number of nitriles is 1. The molecule has 1 rings (SSSR count). The second kappa shape index (κ2) is 3.11. The zero-order chi connectivity index (χ0) is 10.0. The van der Waals surface area contributed by atoms with Crippen molar-refractivity contribution < 1.29 is 4.79 Å². The average molecular weight is 177 g/mol. The molecule has 3 N–H and O–H groups in total. The van der Waals surface area contributed by atoms with Gasteiger partial charge in [-0.1, -0.05) is 0 Å². The molecular weight excluding hydrogens is 170 g/mol. The van der Waals surface area contributed by atoms with Crippen LogP contribution in [0.5, 0.6) is 0 Å². The summed E-state index contributed by atoms with van der Waals surface area (Å²) in [4.78, 5) is 24.2. The van der Waals surface area contributed by atoms with Gasteiger partial charge in [0.1, 0.15) is 11.9 Å². The quantitative estimate of drug-likeness (QED) is 0.591. The summed E-state index contributed by atoms with van der Waals surface area (Å²) in [5.74, 6) is -0.407. The third-order valence-corrected chi connectivity index (χ3v) is 1.57. The van der Waals surface area contributed by atoms with E-state index >= 15 is 0 Å². The largest absolute Gasteiger partial charge is 0.384 e. The van der Waals surface area contributed by atoms with Gasteiger partial charge in [-0.25, -0.2) is 0 Å². The highest BCUT2D eigenvalue weighted by atomic mass is 16.1. The molecule has 0 saturated carbocycles. The number of nitrogens with zero attached hydrogens (tertiary/aromatic N) is 1. The van der Waals surface area contributed by atoms with Gasteiger partial charge in [-0.3, -0.25) is 9.59 Å². The zero-order valence-corrected chi connectivity index (χ0v) is 6.92. The van der Waals surface area contributed by atoms with Gasteiger partial charge < -0.3 is 10.7 Å². The van der Waals surface area contributed by atoms with Crippen molar-refractivity contribution in [3.8, 4) is 6.07 Å². The molecule has 0 saturated heterocycles. The molecule has 13 heavy (non-hydrogen) atoms. The molecule has 1 heterocycles. The van der Waals surface area contributed by atoms with E-state index in [1.807, 2.05) is 0 Å². The number of nitrogen functional groups attached to an aromatic ring is 1. The van der Waals surface area contributed by atoms with Gasteiger partial charge in [-0.15, -0.1) is 0 Å². The van der Waals surface area contributed by atoms with Crippen LogP contribution < -0.4 is 11.3 Å². The Balaban J connectivity index is 3.51. The van der Waals surface area contributed by atoms with E-state index in [1.165, 1.54) is 13.0 Å². The van der Waals surface area contributed by atoms with Crippen LogP contribution in [0.2, 0.25) is 0 Å². The van der Waals surface area contributed by atoms with Gasteiger partial charge in [0.05, 0.1) is 11.1 Å². The van der Waals surface area contributed by atoms with Crippen LogP contribution >= 0.6 is 0 Å². The van der Waals surface area contributed by atoms with Gasteiger partial charge in [-0.05, 0) is 13.0 Å². The summed E-state index contributed by atoms with van der Waals surface area (Å²) in [7, 11) is 0. The second-order valence-electron chi connectivity index (χ2n) is 2.51. The summed E-state index contributed by atoms with van der Waals surface area (Å²) in [5.41, 5.74) is 4.80. The van der Waals surface area contributed by atoms with Crippen LogP contribution in [0.25, 0.3) is 0 Å². The lowest BCUT2D eigenvalue weighted by Gasteiger charge is -1.98. The van der Waals surface area contributed by atoms with Gasteiger partial charge >= 0.3 is 0 Å². The summed E-state index contributed by atoms with van der Waals surface area (Å²) in [6.07, 6.45) is 0. The Hall–Kier alpha value is -2.09. The highest BCUT2D eigenvalue weighted by Crippen LogP contribution is 2.05. The lowest BCUT2D eigenvalue weighted by molar-refractivity contribution is 0.101. The van der Waals surface area contributed by atoms with Crippen molar-refractivity contribution in [3.05, 3.63) is 27.5 Å².